The summed E-state index contributed by atoms with van der Waals surface area (Å²) in [4.78, 5) is 12.0. The molecule has 5 nitrogen and oxygen atoms in total. The highest BCUT2D eigenvalue weighted by Crippen LogP contribution is 2.20. The molecule has 0 aliphatic carbocycles. The van der Waals surface area contributed by atoms with Crippen LogP contribution in [0.25, 0.3) is 0 Å². The van der Waals surface area contributed by atoms with E-state index in [2.05, 4.69) is 10.4 Å². The van der Waals surface area contributed by atoms with E-state index in [9.17, 15) is 4.79 Å². The number of nitrogens with zero attached hydrogens (tertiary/aromatic N) is 2. The van der Waals surface area contributed by atoms with E-state index in [1.165, 1.54) is 0 Å². The van der Waals surface area contributed by atoms with Gasteiger partial charge >= 0.3 is 0 Å². The zero-order valence-corrected chi connectivity index (χ0v) is 11.3. The monoisotopic (exact) mass is 259 g/mol. The van der Waals surface area contributed by atoms with Gasteiger partial charge in [-0.1, -0.05) is 17.7 Å². The normalized spacial score (nSPS) is 10.3. The standard InChI is InChI=1S/C14H17N3O2/c1-10-4-5-12(19-3)11(8-10)9-14(18)15-13-6-7-17(2)16-13/h4-8H,9H2,1-3H3,(H,15,16,18). The summed E-state index contributed by atoms with van der Waals surface area (Å²) >= 11 is 0. The number of aromatic nitrogens is 2. The molecular formula is C14H17N3O2. The fourth-order valence-electron chi connectivity index (χ4n) is 1.89. The molecular weight excluding hydrogens is 242 g/mol. The molecule has 5 heteroatoms. The Morgan fingerprint density at radius 1 is 1.42 bits per heavy atom. The molecule has 1 aromatic heterocycles. The Balaban J connectivity index is 2.08. The summed E-state index contributed by atoms with van der Waals surface area (Å²) in [5.74, 6) is 1.17. The highest BCUT2D eigenvalue weighted by Gasteiger charge is 2.10. The molecule has 0 saturated carbocycles. The number of carbonyl (C=O) groups excluding carboxylic acids is 1. The molecule has 0 spiro atoms. The fraction of sp³-hybridized carbons (Fsp3) is 0.286. The molecule has 1 heterocycles. The minimum atomic E-state index is -0.109. The number of benzene rings is 1. The van der Waals surface area contributed by atoms with Gasteiger partial charge < -0.3 is 10.1 Å². The predicted octanol–water partition coefficient (Wildman–Crippen LogP) is 1.92. The van der Waals surface area contributed by atoms with Gasteiger partial charge in [0.25, 0.3) is 0 Å². The Labute approximate surface area is 112 Å². The number of ether oxygens (including phenoxy) is 1. The lowest BCUT2D eigenvalue weighted by molar-refractivity contribution is -0.115. The number of nitrogens with one attached hydrogen (secondary N) is 1. The first-order valence-electron chi connectivity index (χ1n) is 6.01. The van der Waals surface area contributed by atoms with Crippen molar-refractivity contribution in [1.29, 1.82) is 0 Å². The van der Waals surface area contributed by atoms with Crippen LogP contribution in [0.15, 0.2) is 30.5 Å². The quantitative estimate of drug-likeness (QED) is 0.912. The molecule has 0 aliphatic rings. The van der Waals surface area contributed by atoms with E-state index < -0.39 is 0 Å². The first-order valence-corrected chi connectivity index (χ1v) is 6.01. The van der Waals surface area contributed by atoms with Crippen LogP contribution in [-0.4, -0.2) is 22.8 Å². The van der Waals surface area contributed by atoms with Crippen molar-refractivity contribution in [2.24, 2.45) is 7.05 Å². The first kappa shape index (κ1) is 13.1. The Kier molecular flexibility index (Phi) is 3.85. The van der Waals surface area contributed by atoms with Gasteiger partial charge in [-0.15, -0.1) is 0 Å². The largest absolute Gasteiger partial charge is 0.496 e. The van der Waals surface area contributed by atoms with E-state index in [4.69, 9.17) is 4.74 Å². The molecule has 2 rings (SSSR count). The number of methoxy groups -OCH3 is 1. The van der Waals surface area contributed by atoms with E-state index in [1.54, 1.807) is 31.1 Å². The van der Waals surface area contributed by atoms with Crippen LogP contribution < -0.4 is 10.1 Å². The number of anilines is 1. The summed E-state index contributed by atoms with van der Waals surface area (Å²) in [7, 11) is 3.41. The third-order valence-electron chi connectivity index (χ3n) is 2.77. The van der Waals surface area contributed by atoms with Gasteiger partial charge in [0.2, 0.25) is 5.91 Å². The van der Waals surface area contributed by atoms with Gasteiger partial charge in [0.05, 0.1) is 13.5 Å². The Bertz CT molecular complexity index is 590. The third kappa shape index (κ3) is 3.34. The van der Waals surface area contributed by atoms with Gasteiger partial charge in [0.1, 0.15) is 5.75 Å². The maximum atomic E-state index is 12.0. The Hall–Kier alpha value is -2.30. The van der Waals surface area contributed by atoms with Crippen molar-refractivity contribution < 1.29 is 9.53 Å². The van der Waals surface area contributed by atoms with Crippen molar-refractivity contribution in [1.82, 2.24) is 9.78 Å². The molecule has 0 aliphatic heterocycles. The van der Waals surface area contributed by atoms with E-state index >= 15 is 0 Å². The van der Waals surface area contributed by atoms with Crippen LogP contribution in [0.1, 0.15) is 11.1 Å². The van der Waals surface area contributed by atoms with Crippen molar-refractivity contribution >= 4 is 11.7 Å². The SMILES string of the molecule is COc1ccc(C)cc1CC(=O)Nc1ccn(C)n1. The highest BCUT2D eigenvalue weighted by molar-refractivity contribution is 5.91. The van der Waals surface area contributed by atoms with Crippen LogP contribution >= 0.6 is 0 Å². The fourth-order valence-corrected chi connectivity index (χ4v) is 1.89. The van der Waals surface area contributed by atoms with Crippen molar-refractivity contribution in [2.75, 3.05) is 12.4 Å². The van der Waals surface area contributed by atoms with Crippen molar-refractivity contribution in [3.63, 3.8) is 0 Å². The van der Waals surface area contributed by atoms with Crippen LogP contribution in [0, 0.1) is 6.92 Å². The first-order chi connectivity index (χ1) is 9.08. The average molecular weight is 259 g/mol. The molecule has 0 radical (unpaired) electrons. The number of hydrogen-bond acceptors (Lipinski definition) is 3. The second-order valence-electron chi connectivity index (χ2n) is 4.41. The molecule has 100 valence electrons. The lowest BCUT2D eigenvalue weighted by Crippen LogP contribution is -2.15. The predicted molar refractivity (Wildman–Crippen MR) is 73.3 cm³/mol. The number of amides is 1. The second kappa shape index (κ2) is 5.56. The Morgan fingerprint density at radius 3 is 2.84 bits per heavy atom. The van der Waals surface area contributed by atoms with Crippen LogP contribution in [0.3, 0.4) is 0 Å². The lowest BCUT2D eigenvalue weighted by Gasteiger charge is -2.09. The summed E-state index contributed by atoms with van der Waals surface area (Å²) in [6, 6.07) is 7.54. The minimum absolute atomic E-state index is 0.109. The molecule has 0 bridgehead atoms. The van der Waals surface area contributed by atoms with Crippen molar-refractivity contribution in [2.45, 2.75) is 13.3 Å². The summed E-state index contributed by atoms with van der Waals surface area (Å²) in [6.07, 6.45) is 2.05. The Morgan fingerprint density at radius 2 is 2.21 bits per heavy atom. The van der Waals surface area contributed by atoms with Crippen LogP contribution in [-0.2, 0) is 18.3 Å². The molecule has 19 heavy (non-hydrogen) atoms. The van der Waals surface area contributed by atoms with Crippen LogP contribution in [0.5, 0.6) is 5.75 Å². The summed E-state index contributed by atoms with van der Waals surface area (Å²) in [5, 5.41) is 6.86. The molecule has 0 fully saturated rings. The van der Waals surface area contributed by atoms with Gasteiger partial charge in [-0.05, 0) is 13.0 Å². The maximum Gasteiger partial charge on any atom is 0.230 e. The highest BCUT2D eigenvalue weighted by atomic mass is 16.5. The maximum absolute atomic E-state index is 12.0. The molecule has 0 unspecified atom stereocenters. The molecule has 0 atom stereocenters. The number of aryl methyl sites for hydroxylation is 2. The van der Waals surface area contributed by atoms with Crippen molar-refractivity contribution in [3.05, 3.63) is 41.6 Å². The average Bonchev–Trinajstić information content (AvgIpc) is 2.75. The van der Waals surface area contributed by atoms with E-state index in [1.807, 2.05) is 25.1 Å². The smallest absolute Gasteiger partial charge is 0.230 e. The van der Waals surface area contributed by atoms with Crippen molar-refractivity contribution in [3.8, 4) is 5.75 Å². The zero-order chi connectivity index (χ0) is 13.8. The molecule has 2 aromatic rings. The van der Waals surface area contributed by atoms with Crippen LogP contribution in [0.4, 0.5) is 5.82 Å². The molecule has 1 N–H and O–H groups in total. The number of rotatable bonds is 4. The van der Waals surface area contributed by atoms with E-state index in [0.29, 0.717) is 5.82 Å². The topological polar surface area (TPSA) is 56.1 Å². The number of carbonyl (C=O) groups is 1. The minimum Gasteiger partial charge on any atom is -0.496 e. The van der Waals surface area contributed by atoms with E-state index in [-0.39, 0.29) is 12.3 Å². The number of hydrogen-bond donors (Lipinski definition) is 1. The van der Waals surface area contributed by atoms with Gasteiger partial charge in [-0.2, -0.15) is 5.10 Å². The van der Waals surface area contributed by atoms with Crippen LogP contribution in [0.2, 0.25) is 0 Å². The molecule has 0 saturated heterocycles. The molecule has 1 aromatic carbocycles. The summed E-state index contributed by atoms with van der Waals surface area (Å²) < 4.78 is 6.90. The molecule has 1 amide bonds. The summed E-state index contributed by atoms with van der Waals surface area (Å²) in [6.45, 7) is 1.99. The van der Waals surface area contributed by atoms with Gasteiger partial charge in [0, 0.05) is 24.9 Å². The van der Waals surface area contributed by atoms with Gasteiger partial charge in [0.15, 0.2) is 5.82 Å². The third-order valence-corrected chi connectivity index (χ3v) is 2.77. The second-order valence-corrected chi connectivity index (χ2v) is 4.41. The zero-order valence-electron chi connectivity index (χ0n) is 11.3. The van der Waals surface area contributed by atoms with Gasteiger partial charge in [-0.25, -0.2) is 0 Å². The van der Waals surface area contributed by atoms with E-state index in [0.717, 1.165) is 16.9 Å². The lowest BCUT2D eigenvalue weighted by atomic mass is 10.1. The summed E-state index contributed by atoms with van der Waals surface area (Å²) in [5.41, 5.74) is 1.97. The van der Waals surface area contributed by atoms with Gasteiger partial charge in [-0.3, -0.25) is 9.48 Å².